The van der Waals surface area contributed by atoms with Crippen molar-refractivity contribution in [2.24, 2.45) is 5.92 Å². The Labute approximate surface area is 134 Å². The largest absolute Gasteiger partial charge is 0.349 e. The lowest BCUT2D eigenvalue weighted by Crippen LogP contribution is -2.36. The molecule has 0 spiro atoms. The maximum Gasteiger partial charge on any atom is 0.224 e. The number of amides is 1. The van der Waals surface area contributed by atoms with Crippen LogP contribution in [0.1, 0.15) is 25.5 Å². The Bertz CT molecular complexity index is 471. The highest BCUT2D eigenvalue weighted by atomic mass is 35.5. The molecule has 3 nitrogen and oxygen atoms in total. The molecule has 0 saturated heterocycles. The molecule has 114 valence electrons. The van der Waals surface area contributed by atoms with Gasteiger partial charge < -0.3 is 10.6 Å². The van der Waals surface area contributed by atoms with Gasteiger partial charge in [0.15, 0.2) is 0 Å². The molecule has 0 bridgehead atoms. The second-order valence-corrected chi connectivity index (χ2v) is 5.23. The molecule has 0 aliphatic rings. The van der Waals surface area contributed by atoms with Gasteiger partial charge in [-0.2, -0.15) is 0 Å². The van der Waals surface area contributed by atoms with Crippen molar-refractivity contribution in [3.63, 3.8) is 0 Å². The fourth-order valence-electron chi connectivity index (χ4n) is 1.77. The highest BCUT2D eigenvalue weighted by Crippen LogP contribution is 2.32. The Morgan fingerprint density at radius 2 is 1.95 bits per heavy atom. The minimum atomic E-state index is -0.551. The Morgan fingerprint density at radius 1 is 1.35 bits per heavy atom. The molecule has 0 radical (unpaired) electrons. The normalized spacial score (nSPS) is 13.3. The Kier molecular flexibility index (Phi) is 8.44. The first-order valence-corrected chi connectivity index (χ1v) is 6.72. The third kappa shape index (κ3) is 4.77. The van der Waals surface area contributed by atoms with E-state index in [1.54, 1.807) is 20.9 Å². The van der Waals surface area contributed by atoms with Gasteiger partial charge in [0.05, 0.1) is 11.1 Å². The van der Waals surface area contributed by atoms with Gasteiger partial charge in [0.2, 0.25) is 5.91 Å². The van der Waals surface area contributed by atoms with E-state index < -0.39 is 11.9 Å². The lowest BCUT2D eigenvalue weighted by Gasteiger charge is -2.20. The predicted molar refractivity (Wildman–Crippen MR) is 83.3 cm³/mol. The second-order valence-electron chi connectivity index (χ2n) is 4.45. The number of rotatable bonds is 5. The minimum Gasteiger partial charge on any atom is -0.349 e. The van der Waals surface area contributed by atoms with Crippen LogP contribution in [0.3, 0.4) is 0 Å². The first-order chi connectivity index (χ1) is 8.88. The van der Waals surface area contributed by atoms with Crippen LogP contribution in [-0.2, 0) is 4.79 Å². The van der Waals surface area contributed by atoms with E-state index in [1.165, 1.54) is 12.1 Å². The SMILES string of the molecule is CNCC(C)C(=O)NC(C)c1c(Cl)ccc(F)c1Cl.Cl. The molecular formula is C13H18Cl3FN2O. The number of carbonyl (C=O) groups is 1. The molecule has 0 aliphatic heterocycles. The number of halogens is 4. The minimum absolute atomic E-state index is 0. The molecule has 1 amide bonds. The van der Waals surface area contributed by atoms with E-state index in [1.807, 2.05) is 0 Å². The van der Waals surface area contributed by atoms with Crippen LogP contribution in [0.15, 0.2) is 12.1 Å². The molecule has 0 aliphatic carbocycles. The van der Waals surface area contributed by atoms with Crippen LogP contribution in [0, 0.1) is 11.7 Å². The third-order valence-electron chi connectivity index (χ3n) is 2.83. The first kappa shape index (κ1) is 19.4. The quantitative estimate of drug-likeness (QED) is 0.802. The zero-order chi connectivity index (χ0) is 14.6. The number of nitrogens with one attached hydrogen (secondary N) is 2. The van der Waals surface area contributed by atoms with Crippen molar-refractivity contribution in [3.05, 3.63) is 33.6 Å². The Balaban J connectivity index is 0.00000361. The average Bonchev–Trinajstić information content (AvgIpc) is 2.34. The van der Waals surface area contributed by atoms with Crippen molar-refractivity contribution in [2.75, 3.05) is 13.6 Å². The summed E-state index contributed by atoms with van der Waals surface area (Å²) in [5.41, 5.74) is 0.397. The van der Waals surface area contributed by atoms with Crippen LogP contribution in [-0.4, -0.2) is 19.5 Å². The van der Waals surface area contributed by atoms with Crippen LogP contribution in [0.2, 0.25) is 10.0 Å². The second kappa shape index (κ2) is 8.67. The van der Waals surface area contributed by atoms with E-state index in [9.17, 15) is 9.18 Å². The molecule has 1 aromatic carbocycles. The first-order valence-electron chi connectivity index (χ1n) is 5.96. The van der Waals surface area contributed by atoms with Gasteiger partial charge in [-0.1, -0.05) is 30.1 Å². The van der Waals surface area contributed by atoms with Gasteiger partial charge in [-0.25, -0.2) is 4.39 Å². The monoisotopic (exact) mass is 342 g/mol. The molecule has 0 saturated carbocycles. The van der Waals surface area contributed by atoms with E-state index >= 15 is 0 Å². The molecule has 1 rings (SSSR count). The number of carbonyl (C=O) groups excluding carboxylic acids is 1. The molecule has 0 fully saturated rings. The smallest absolute Gasteiger partial charge is 0.224 e. The maximum absolute atomic E-state index is 13.4. The fraction of sp³-hybridized carbons (Fsp3) is 0.462. The lowest BCUT2D eigenvalue weighted by molar-refractivity contribution is -0.125. The van der Waals surface area contributed by atoms with Gasteiger partial charge in [-0.15, -0.1) is 12.4 Å². The highest BCUT2D eigenvalue weighted by Gasteiger charge is 2.20. The van der Waals surface area contributed by atoms with E-state index in [0.29, 0.717) is 17.1 Å². The molecule has 1 aromatic rings. The summed E-state index contributed by atoms with van der Waals surface area (Å²) in [7, 11) is 1.77. The zero-order valence-corrected chi connectivity index (χ0v) is 13.8. The van der Waals surface area contributed by atoms with Gasteiger partial charge in [-0.05, 0) is 26.1 Å². The summed E-state index contributed by atoms with van der Waals surface area (Å²) < 4.78 is 13.4. The molecule has 2 atom stereocenters. The molecular weight excluding hydrogens is 326 g/mol. The standard InChI is InChI=1S/C13H17Cl2FN2O.ClH/c1-7(6-17-3)13(19)18-8(2)11-9(14)4-5-10(16)12(11)15;/h4-5,7-8,17H,6H2,1-3H3,(H,18,19);1H. The molecule has 20 heavy (non-hydrogen) atoms. The Hall–Kier alpha value is -0.550. The van der Waals surface area contributed by atoms with Gasteiger partial charge in [0.25, 0.3) is 0 Å². The molecule has 2 N–H and O–H groups in total. The molecule has 2 unspecified atom stereocenters. The molecule has 0 aromatic heterocycles. The van der Waals surface area contributed by atoms with Gasteiger partial charge in [-0.3, -0.25) is 4.79 Å². The van der Waals surface area contributed by atoms with Crippen LogP contribution in [0.4, 0.5) is 4.39 Å². The number of benzene rings is 1. The van der Waals surface area contributed by atoms with Crippen molar-refractivity contribution in [1.82, 2.24) is 10.6 Å². The number of hydrogen-bond donors (Lipinski definition) is 2. The van der Waals surface area contributed by atoms with Crippen LogP contribution < -0.4 is 10.6 Å². The summed E-state index contributed by atoms with van der Waals surface area (Å²) in [4.78, 5) is 11.9. The summed E-state index contributed by atoms with van der Waals surface area (Å²) in [5, 5.41) is 5.98. The van der Waals surface area contributed by atoms with Gasteiger partial charge in [0, 0.05) is 23.0 Å². The van der Waals surface area contributed by atoms with Crippen LogP contribution in [0.25, 0.3) is 0 Å². The predicted octanol–water partition coefficient (Wildman–Crippen LogP) is 3.59. The Morgan fingerprint density at radius 3 is 2.50 bits per heavy atom. The summed E-state index contributed by atoms with van der Waals surface area (Å²) in [6.07, 6.45) is 0. The van der Waals surface area contributed by atoms with E-state index in [2.05, 4.69) is 10.6 Å². The summed E-state index contributed by atoms with van der Waals surface area (Å²) >= 11 is 11.9. The third-order valence-corrected chi connectivity index (χ3v) is 3.54. The number of hydrogen-bond acceptors (Lipinski definition) is 2. The van der Waals surface area contributed by atoms with Crippen molar-refractivity contribution in [1.29, 1.82) is 0 Å². The van der Waals surface area contributed by atoms with E-state index in [4.69, 9.17) is 23.2 Å². The molecule has 7 heteroatoms. The average molecular weight is 344 g/mol. The summed E-state index contributed by atoms with van der Waals surface area (Å²) in [6, 6.07) is 2.17. The topological polar surface area (TPSA) is 41.1 Å². The molecule has 0 heterocycles. The summed E-state index contributed by atoms with van der Waals surface area (Å²) in [6.45, 7) is 4.08. The van der Waals surface area contributed by atoms with Gasteiger partial charge >= 0.3 is 0 Å². The van der Waals surface area contributed by atoms with Crippen molar-refractivity contribution in [3.8, 4) is 0 Å². The van der Waals surface area contributed by atoms with Crippen molar-refractivity contribution >= 4 is 41.5 Å². The van der Waals surface area contributed by atoms with Crippen LogP contribution >= 0.6 is 35.6 Å². The van der Waals surface area contributed by atoms with E-state index in [-0.39, 0.29) is 29.3 Å². The van der Waals surface area contributed by atoms with Crippen LogP contribution in [0.5, 0.6) is 0 Å². The maximum atomic E-state index is 13.4. The lowest BCUT2D eigenvalue weighted by atomic mass is 10.1. The summed E-state index contributed by atoms with van der Waals surface area (Å²) in [5.74, 6) is -0.887. The fourth-order valence-corrected chi connectivity index (χ4v) is 2.46. The van der Waals surface area contributed by atoms with Crippen molar-refractivity contribution in [2.45, 2.75) is 19.9 Å². The zero-order valence-electron chi connectivity index (χ0n) is 11.5. The highest BCUT2D eigenvalue weighted by molar-refractivity contribution is 6.36. The van der Waals surface area contributed by atoms with Crippen molar-refractivity contribution < 1.29 is 9.18 Å². The van der Waals surface area contributed by atoms with E-state index in [0.717, 1.165) is 0 Å². The van der Waals surface area contributed by atoms with Gasteiger partial charge in [0.1, 0.15) is 5.82 Å².